The van der Waals surface area contributed by atoms with E-state index in [9.17, 15) is 4.79 Å². The summed E-state index contributed by atoms with van der Waals surface area (Å²) in [5.41, 5.74) is 2.10. The number of hydrogen-bond acceptors (Lipinski definition) is 1. The third kappa shape index (κ3) is 3.76. The normalized spacial score (nSPS) is 12.0. The molecule has 116 valence electrons. The molecule has 0 fully saturated rings. The lowest BCUT2D eigenvalue weighted by Gasteiger charge is -2.12. The molecule has 0 saturated carbocycles. The monoisotopic (exact) mass is 305 g/mol. The Morgan fingerprint density at radius 3 is 2.48 bits per heavy atom. The third-order valence-electron chi connectivity index (χ3n) is 4.05. The van der Waals surface area contributed by atoms with Crippen molar-refractivity contribution >= 4 is 22.4 Å². The Kier molecular flexibility index (Phi) is 4.69. The van der Waals surface area contributed by atoms with E-state index in [0.717, 1.165) is 16.5 Å². The summed E-state index contributed by atoms with van der Waals surface area (Å²) < 4.78 is 0. The minimum atomic E-state index is 0.0177. The zero-order valence-corrected chi connectivity index (χ0v) is 13.2. The van der Waals surface area contributed by atoms with Crippen LogP contribution in [0.25, 0.3) is 10.8 Å². The Morgan fingerprint density at radius 2 is 1.65 bits per heavy atom. The Bertz CT molecular complexity index is 794. The van der Waals surface area contributed by atoms with Gasteiger partial charge in [-0.1, -0.05) is 66.7 Å². The molecule has 0 aliphatic rings. The van der Waals surface area contributed by atoms with Crippen molar-refractivity contribution in [1.29, 1.82) is 0 Å². The van der Waals surface area contributed by atoms with Crippen LogP contribution >= 0.6 is 0 Å². The van der Waals surface area contributed by atoms with Crippen LogP contribution in [0.5, 0.6) is 0 Å². The first kappa shape index (κ1) is 15.3. The van der Waals surface area contributed by atoms with Crippen molar-refractivity contribution in [2.24, 2.45) is 0 Å². The maximum atomic E-state index is 12.2. The van der Waals surface area contributed by atoms with Crippen molar-refractivity contribution in [2.45, 2.75) is 13.0 Å². The summed E-state index contributed by atoms with van der Waals surface area (Å²) in [6.45, 7) is 2.51. The predicted octanol–water partition coefficient (Wildman–Crippen LogP) is 3.10. The lowest BCUT2D eigenvalue weighted by atomic mass is 10.1. The molecule has 3 rings (SSSR count). The minimum Gasteiger partial charge on any atom is -0.333 e. The maximum Gasteiger partial charge on any atom is 0.279 e. The van der Waals surface area contributed by atoms with Crippen molar-refractivity contribution in [3.8, 4) is 0 Å². The number of hydrogen-bond donors (Lipinski definition) is 2. The number of carbonyl (C=O) groups is 1. The second-order valence-electron chi connectivity index (χ2n) is 5.71. The number of quaternary nitrogens is 1. The number of amides is 1. The topological polar surface area (TPSA) is 45.7 Å². The Morgan fingerprint density at radius 1 is 0.957 bits per heavy atom. The van der Waals surface area contributed by atoms with Crippen LogP contribution in [0.15, 0.2) is 72.8 Å². The van der Waals surface area contributed by atoms with Crippen molar-refractivity contribution in [2.75, 3.05) is 11.9 Å². The molecule has 0 spiro atoms. The van der Waals surface area contributed by atoms with Gasteiger partial charge in [-0.25, -0.2) is 0 Å². The zero-order valence-electron chi connectivity index (χ0n) is 13.2. The van der Waals surface area contributed by atoms with Crippen LogP contribution in [-0.4, -0.2) is 12.5 Å². The van der Waals surface area contributed by atoms with E-state index in [1.165, 1.54) is 5.56 Å². The molecule has 0 radical (unpaired) electrons. The molecule has 0 aromatic heterocycles. The van der Waals surface area contributed by atoms with E-state index in [0.29, 0.717) is 6.54 Å². The fourth-order valence-corrected chi connectivity index (χ4v) is 2.71. The van der Waals surface area contributed by atoms with Crippen LogP contribution in [0.2, 0.25) is 0 Å². The van der Waals surface area contributed by atoms with Crippen molar-refractivity contribution in [3.05, 3.63) is 78.4 Å². The molecule has 0 saturated heterocycles. The predicted molar refractivity (Wildman–Crippen MR) is 94.2 cm³/mol. The van der Waals surface area contributed by atoms with Crippen molar-refractivity contribution < 1.29 is 10.1 Å². The Hall–Kier alpha value is -2.65. The number of rotatable bonds is 5. The second kappa shape index (κ2) is 7.07. The molecule has 0 bridgehead atoms. The number of nitrogens with two attached hydrogens (primary N) is 1. The highest BCUT2D eigenvalue weighted by atomic mass is 16.1. The molecule has 3 N–H and O–H groups in total. The van der Waals surface area contributed by atoms with Crippen LogP contribution < -0.4 is 10.6 Å². The fourth-order valence-electron chi connectivity index (χ4n) is 2.71. The van der Waals surface area contributed by atoms with Crippen LogP contribution in [0.4, 0.5) is 5.69 Å². The lowest BCUT2D eigenvalue weighted by Crippen LogP contribution is -2.86. The second-order valence-corrected chi connectivity index (χ2v) is 5.71. The van der Waals surface area contributed by atoms with Crippen LogP contribution in [0, 0.1) is 0 Å². The summed E-state index contributed by atoms with van der Waals surface area (Å²) in [6.07, 6.45) is 0. The molecule has 0 aliphatic heterocycles. The summed E-state index contributed by atoms with van der Waals surface area (Å²) in [7, 11) is 0. The number of fused-ring (bicyclic) bond motifs is 1. The zero-order chi connectivity index (χ0) is 16.1. The van der Waals surface area contributed by atoms with E-state index in [2.05, 4.69) is 41.8 Å². The number of nitrogens with one attached hydrogen (secondary N) is 1. The largest absolute Gasteiger partial charge is 0.333 e. The van der Waals surface area contributed by atoms with Gasteiger partial charge in [0.1, 0.15) is 6.04 Å². The van der Waals surface area contributed by atoms with Crippen LogP contribution in [-0.2, 0) is 4.79 Å². The highest BCUT2D eigenvalue weighted by Crippen LogP contribution is 2.22. The number of carbonyl (C=O) groups excluding carboxylic acids is 1. The average molecular weight is 305 g/mol. The van der Waals surface area contributed by atoms with E-state index in [-0.39, 0.29) is 11.9 Å². The van der Waals surface area contributed by atoms with Gasteiger partial charge in [0.25, 0.3) is 5.91 Å². The highest BCUT2D eigenvalue weighted by molar-refractivity contribution is 6.02. The van der Waals surface area contributed by atoms with Gasteiger partial charge in [-0.15, -0.1) is 0 Å². The number of anilines is 1. The van der Waals surface area contributed by atoms with Crippen LogP contribution in [0.1, 0.15) is 18.5 Å². The number of benzene rings is 3. The summed E-state index contributed by atoms with van der Waals surface area (Å²) in [4.78, 5) is 12.2. The molecular weight excluding hydrogens is 284 g/mol. The van der Waals surface area contributed by atoms with Gasteiger partial charge in [0, 0.05) is 16.6 Å². The van der Waals surface area contributed by atoms with Gasteiger partial charge >= 0.3 is 0 Å². The molecule has 3 nitrogen and oxygen atoms in total. The summed E-state index contributed by atoms with van der Waals surface area (Å²) >= 11 is 0. The summed E-state index contributed by atoms with van der Waals surface area (Å²) in [5, 5.41) is 7.27. The molecule has 3 aromatic rings. The quantitative estimate of drug-likeness (QED) is 0.747. The smallest absolute Gasteiger partial charge is 0.279 e. The minimum absolute atomic E-state index is 0.0177. The first-order valence-electron chi connectivity index (χ1n) is 7.90. The van der Waals surface area contributed by atoms with Crippen molar-refractivity contribution in [3.63, 3.8) is 0 Å². The molecule has 3 aromatic carbocycles. The average Bonchev–Trinajstić information content (AvgIpc) is 2.61. The van der Waals surface area contributed by atoms with Gasteiger partial charge in [-0.3, -0.25) is 4.79 Å². The van der Waals surface area contributed by atoms with Crippen LogP contribution in [0.3, 0.4) is 0 Å². The van der Waals surface area contributed by atoms with Crippen molar-refractivity contribution in [1.82, 2.24) is 0 Å². The molecule has 0 unspecified atom stereocenters. The molecule has 1 atom stereocenters. The fraction of sp³-hybridized carbons (Fsp3) is 0.150. The van der Waals surface area contributed by atoms with E-state index in [1.807, 2.05) is 48.5 Å². The molecule has 23 heavy (non-hydrogen) atoms. The van der Waals surface area contributed by atoms with E-state index in [1.54, 1.807) is 0 Å². The SMILES string of the molecule is C[C@H]([NH2+]CC(=O)Nc1cccc2ccccc12)c1ccccc1. The molecule has 1 amide bonds. The molecule has 0 aliphatic carbocycles. The standard InChI is InChI=1S/C20H20N2O/c1-15(16-8-3-2-4-9-16)21-14-20(23)22-19-13-7-11-17-10-5-6-12-18(17)19/h2-13,15,21H,14H2,1H3,(H,22,23)/p+1/t15-/m0/s1. The van der Waals surface area contributed by atoms with Gasteiger partial charge in [0.05, 0.1) is 0 Å². The lowest BCUT2D eigenvalue weighted by molar-refractivity contribution is -0.682. The molecular formula is C20H21N2O+. The first-order chi connectivity index (χ1) is 11.2. The van der Waals surface area contributed by atoms with Gasteiger partial charge in [0.15, 0.2) is 6.54 Å². The van der Waals surface area contributed by atoms with E-state index in [4.69, 9.17) is 0 Å². The molecule has 3 heteroatoms. The Balaban J connectivity index is 1.63. The summed E-state index contributed by atoms with van der Waals surface area (Å²) in [5.74, 6) is 0.0177. The van der Waals surface area contributed by atoms with Gasteiger partial charge in [-0.2, -0.15) is 0 Å². The maximum absolute atomic E-state index is 12.2. The summed E-state index contributed by atoms with van der Waals surface area (Å²) in [6, 6.07) is 24.5. The first-order valence-corrected chi connectivity index (χ1v) is 7.90. The third-order valence-corrected chi connectivity index (χ3v) is 4.05. The van der Waals surface area contributed by atoms with Gasteiger partial charge < -0.3 is 10.6 Å². The highest BCUT2D eigenvalue weighted by Gasteiger charge is 2.12. The van der Waals surface area contributed by atoms with E-state index < -0.39 is 0 Å². The van der Waals surface area contributed by atoms with Gasteiger partial charge in [-0.05, 0) is 18.4 Å². The van der Waals surface area contributed by atoms with E-state index >= 15 is 0 Å². The van der Waals surface area contributed by atoms with Gasteiger partial charge in [0.2, 0.25) is 0 Å². The molecule has 0 heterocycles. The Labute approximate surface area is 136 Å².